The molecule has 0 nitrogen and oxygen atoms in total. The first-order chi connectivity index (χ1) is 5.37. The normalized spacial score (nSPS) is 39.8. The van der Waals surface area contributed by atoms with Gasteiger partial charge in [0.15, 0.2) is 0 Å². The maximum atomic E-state index is 3.76. The average molecular weight is 148 g/mol. The van der Waals surface area contributed by atoms with Crippen LogP contribution in [0.2, 0.25) is 0 Å². The third-order valence-electron chi connectivity index (χ3n) is 3.22. The smallest absolute Gasteiger partial charge is 0.00837 e. The van der Waals surface area contributed by atoms with Crippen molar-refractivity contribution in [1.82, 2.24) is 0 Å². The van der Waals surface area contributed by atoms with Crippen LogP contribution in [-0.4, -0.2) is 0 Å². The van der Waals surface area contributed by atoms with Crippen molar-refractivity contribution in [3.63, 3.8) is 0 Å². The highest BCUT2D eigenvalue weighted by molar-refractivity contribution is 5.19. The summed E-state index contributed by atoms with van der Waals surface area (Å²) in [6.45, 7) is 3.76. The zero-order valence-electron chi connectivity index (χ0n) is 7.05. The quantitative estimate of drug-likeness (QED) is 0.539. The average Bonchev–Trinajstić information content (AvgIpc) is 2.41. The first-order valence-electron chi connectivity index (χ1n) is 4.66. The predicted octanol–water partition coefficient (Wildman–Crippen LogP) is 3.31. The zero-order valence-corrected chi connectivity index (χ0v) is 7.05. The van der Waals surface area contributed by atoms with Crippen molar-refractivity contribution in [2.75, 3.05) is 0 Å². The second-order valence-corrected chi connectivity index (χ2v) is 3.94. The van der Waals surface area contributed by atoms with Crippen molar-refractivity contribution in [1.29, 1.82) is 0 Å². The molecule has 2 aliphatic rings. The van der Waals surface area contributed by atoms with Gasteiger partial charge in [-0.25, -0.2) is 0 Å². The summed E-state index contributed by atoms with van der Waals surface area (Å²) in [6, 6.07) is 0. The van der Waals surface area contributed by atoms with Crippen LogP contribution in [0.3, 0.4) is 0 Å². The molecule has 1 spiro atoms. The maximum Gasteiger partial charge on any atom is -0.00837 e. The topological polar surface area (TPSA) is 0 Å². The molecule has 0 radical (unpaired) electrons. The van der Waals surface area contributed by atoms with E-state index >= 15 is 0 Å². The minimum absolute atomic E-state index is 0.684. The molecule has 0 bridgehead atoms. The molecule has 0 aromatic rings. The summed E-state index contributed by atoms with van der Waals surface area (Å²) in [7, 11) is 0. The fourth-order valence-electron chi connectivity index (χ4n) is 2.37. The van der Waals surface area contributed by atoms with Crippen molar-refractivity contribution < 1.29 is 0 Å². The minimum Gasteiger partial charge on any atom is -0.103 e. The molecule has 0 N–H and O–H groups in total. The van der Waals surface area contributed by atoms with Crippen LogP contribution in [0.5, 0.6) is 0 Å². The lowest BCUT2D eigenvalue weighted by molar-refractivity contribution is 0.532. The highest BCUT2D eigenvalue weighted by Gasteiger charge is 2.51. The van der Waals surface area contributed by atoms with Gasteiger partial charge in [-0.2, -0.15) is 0 Å². The molecular formula is C11H16. The van der Waals surface area contributed by atoms with E-state index in [1.165, 1.54) is 32.1 Å². The molecule has 0 aliphatic heterocycles. The fraction of sp³-hybridized carbons (Fsp3) is 0.636. The fourth-order valence-corrected chi connectivity index (χ4v) is 2.37. The SMILES string of the molecule is C=CCC[C@H]1C[C@@]12C=CCC2. The van der Waals surface area contributed by atoms with Gasteiger partial charge in [0.2, 0.25) is 0 Å². The van der Waals surface area contributed by atoms with Gasteiger partial charge >= 0.3 is 0 Å². The van der Waals surface area contributed by atoms with Gasteiger partial charge in [-0.1, -0.05) is 18.2 Å². The first-order valence-corrected chi connectivity index (χ1v) is 4.66. The van der Waals surface area contributed by atoms with Gasteiger partial charge in [0.05, 0.1) is 0 Å². The van der Waals surface area contributed by atoms with Crippen LogP contribution in [-0.2, 0) is 0 Å². The Kier molecular flexibility index (Phi) is 1.63. The Morgan fingerprint density at radius 1 is 1.64 bits per heavy atom. The van der Waals surface area contributed by atoms with Crippen LogP contribution >= 0.6 is 0 Å². The van der Waals surface area contributed by atoms with Gasteiger partial charge in [-0.05, 0) is 43.4 Å². The minimum atomic E-state index is 0.684. The van der Waals surface area contributed by atoms with Gasteiger partial charge in [0.25, 0.3) is 0 Å². The highest BCUT2D eigenvalue weighted by Crippen LogP contribution is 2.61. The molecular weight excluding hydrogens is 132 g/mol. The Bertz CT molecular complexity index is 190. The van der Waals surface area contributed by atoms with E-state index in [2.05, 4.69) is 18.7 Å². The monoisotopic (exact) mass is 148 g/mol. The largest absolute Gasteiger partial charge is 0.103 e. The summed E-state index contributed by atoms with van der Waals surface area (Å²) in [5, 5.41) is 0. The van der Waals surface area contributed by atoms with E-state index < -0.39 is 0 Å². The predicted molar refractivity (Wildman–Crippen MR) is 48.3 cm³/mol. The van der Waals surface area contributed by atoms with Crippen molar-refractivity contribution in [3.8, 4) is 0 Å². The van der Waals surface area contributed by atoms with Crippen LogP contribution in [0.25, 0.3) is 0 Å². The number of allylic oxidation sites excluding steroid dienone is 3. The van der Waals surface area contributed by atoms with Gasteiger partial charge in [-0.3, -0.25) is 0 Å². The van der Waals surface area contributed by atoms with E-state index in [0.717, 1.165) is 5.92 Å². The van der Waals surface area contributed by atoms with Gasteiger partial charge in [-0.15, -0.1) is 6.58 Å². The summed E-state index contributed by atoms with van der Waals surface area (Å²) in [6.07, 6.45) is 13.6. The van der Waals surface area contributed by atoms with Crippen molar-refractivity contribution in [2.45, 2.75) is 32.1 Å². The van der Waals surface area contributed by atoms with E-state index in [1.807, 2.05) is 6.08 Å². The third-order valence-corrected chi connectivity index (χ3v) is 3.22. The lowest BCUT2D eigenvalue weighted by Gasteiger charge is -2.03. The van der Waals surface area contributed by atoms with Gasteiger partial charge in [0.1, 0.15) is 0 Å². The van der Waals surface area contributed by atoms with Crippen LogP contribution in [0.1, 0.15) is 32.1 Å². The molecule has 2 aliphatic carbocycles. The Balaban J connectivity index is 1.84. The summed E-state index contributed by atoms with van der Waals surface area (Å²) >= 11 is 0. The summed E-state index contributed by atoms with van der Waals surface area (Å²) < 4.78 is 0. The molecule has 0 amide bonds. The molecule has 2 atom stereocenters. The van der Waals surface area contributed by atoms with E-state index in [-0.39, 0.29) is 0 Å². The second kappa shape index (κ2) is 2.51. The third kappa shape index (κ3) is 1.15. The Morgan fingerprint density at radius 2 is 2.55 bits per heavy atom. The molecule has 2 rings (SSSR count). The van der Waals surface area contributed by atoms with Crippen LogP contribution < -0.4 is 0 Å². The van der Waals surface area contributed by atoms with Gasteiger partial charge in [0, 0.05) is 0 Å². The summed E-state index contributed by atoms with van der Waals surface area (Å²) in [5.74, 6) is 0.999. The van der Waals surface area contributed by atoms with Crippen molar-refractivity contribution >= 4 is 0 Å². The standard InChI is InChI=1S/C11H16/c1-2-3-6-10-9-11(10)7-4-5-8-11/h2,4,7,10H,1,3,5-6,8-9H2/t10-,11-/m0/s1. The first kappa shape index (κ1) is 7.15. The number of rotatable bonds is 3. The van der Waals surface area contributed by atoms with E-state index in [1.54, 1.807) is 0 Å². The molecule has 0 heterocycles. The van der Waals surface area contributed by atoms with Crippen LogP contribution in [0.15, 0.2) is 24.8 Å². The Hall–Kier alpha value is -0.520. The van der Waals surface area contributed by atoms with Crippen molar-refractivity contribution in [3.05, 3.63) is 24.8 Å². The molecule has 0 aromatic carbocycles. The maximum absolute atomic E-state index is 3.76. The van der Waals surface area contributed by atoms with Crippen molar-refractivity contribution in [2.24, 2.45) is 11.3 Å². The van der Waals surface area contributed by atoms with E-state index in [4.69, 9.17) is 0 Å². The molecule has 0 unspecified atom stereocenters. The lowest BCUT2D eigenvalue weighted by Crippen LogP contribution is -1.94. The molecule has 1 fully saturated rings. The zero-order chi connectivity index (χ0) is 7.73. The molecule has 0 aromatic heterocycles. The Morgan fingerprint density at radius 3 is 3.18 bits per heavy atom. The summed E-state index contributed by atoms with van der Waals surface area (Å²) in [5.41, 5.74) is 0.684. The summed E-state index contributed by atoms with van der Waals surface area (Å²) in [4.78, 5) is 0. The van der Waals surface area contributed by atoms with Gasteiger partial charge < -0.3 is 0 Å². The van der Waals surface area contributed by atoms with Crippen LogP contribution in [0.4, 0.5) is 0 Å². The van der Waals surface area contributed by atoms with E-state index in [9.17, 15) is 0 Å². The molecule has 11 heavy (non-hydrogen) atoms. The molecule has 1 saturated carbocycles. The molecule has 60 valence electrons. The molecule has 0 saturated heterocycles. The number of hydrogen-bond acceptors (Lipinski definition) is 0. The lowest BCUT2D eigenvalue weighted by atomic mass is 10.0. The van der Waals surface area contributed by atoms with E-state index in [0.29, 0.717) is 5.41 Å². The number of hydrogen-bond donors (Lipinski definition) is 0. The van der Waals surface area contributed by atoms with Crippen LogP contribution in [0, 0.1) is 11.3 Å². The highest BCUT2D eigenvalue weighted by atomic mass is 14.6. The second-order valence-electron chi connectivity index (χ2n) is 3.94. The molecule has 0 heteroatoms. The Labute approximate surface area is 69.0 Å².